The van der Waals surface area contributed by atoms with Crippen molar-refractivity contribution in [2.24, 2.45) is 7.05 Å². The van der Waals surface area contributed by atoms with E-state index in [1.54, 1.807) is 0 Å². The van der Waals surface area contributed by atoms with Gasteiger partial charge in [0.25, 0.3) is 0 Å². The molecule has 0 saturated carbocycles. The van der Waals surface area contributed by atoms with Gasteiger partial charge in [0.15, 0.2) is 0 Å². The molecule has 3 heterocycles. The lowest BCUT2D eigenvalue weighted by atomic mass is 10.1. The maximum atomic E-state index is 4.66. The molecule has 1 unspecified atom stereocenters. The Morgan fingerprint density at radius 2 is 2.10 bits per heavy atom. The Morgan fingerprint density at radius 3 is 2.76 bits per heavy atom. The summed E-state index contributed by atoms with van der Waals surface area (Å²) in [6, 6.07) is 2.52. The van der Waals surface area contributed by atoms with Crippen molar-refractivity contribution in [1.82, 2.24) is 19.7 Å². The molecule has 112 valence electrons. The summed E-state index contributed by atoms with van der Waals surface area (Å²) in [7, 11) is 2.00. The maximum absolute atomic E-state index is 4.66. The molecular weight excluding hydrogens is 262 g/mol. The summed E-state index contributed by atoms with van der Waals surface area (Å²) in [5, 5.41) is 4.40. The minimum absolute atomic E-state index is 0.387. The molecule has 0 radical (unpaired) electrons. The third-order valence-electron chi connectivity index (χ3n) is 4.42. The molecule has 21 heavy (non-hydrogen) atoms. The fourth-order valence-electron chi connectivity index (χ4n) is 3.15. The first-order valence-electron chi connectivity index (χ1n) is 7.70. The van der Waals surface area contributed by atoms with Gasteiger partial charge >= 0.3 is 0 Å². The van der Waals surface area contributed by atoms with Crippen LogP contribution in [0, 0.1) is 13.8 Å². The minimum Gasteiger partial charge on any atom is -0.349 e. The molecule has 5 heteroatoms. The van der Waals surface area contributed by atoms with Crippen molar-refractivity contribution >= 4 is 5.82 Å². The minimum atomic E-state index is 0.387. The van der Waals surface area contributed by atoms with E-state index < -0.39 is 0 Å². The van der Waals surface area contributed by atoms with Gasteiger partial charge in [-0.15, -0.1) is 0 Å². The first-order chi connectivity index (χ1) is 10.1. The molecule has 0 aliphatic carbocycles. The highest BCUT2D eigenvalue weighted by Crippen LogP contribution is 2.36. The standard InChI is InChI=1S/C16H23N5/c1-5-13-9-16(19-12(3)18-13)21-8-6-7-15(21)14-10-17-20(4)11(14)2/h9-10,15H,5-8H2,1-4H3. The van der Waals surface area contributed by atoms with Crippen LogP contribution in [-0.2, 0) is 13.5 Å². The summed E-state index contributed by atoms with van der Waals surface area (Å²) in [6.07, 6.45) is 5.31. The van der Waals surface area contributed by atoms with Gasteiger partial charge in [-0.2, -0.15) is 5.10 Å². The van der Waals surface area contributed by atoms with Gasteiger partial charge in [0.2, 0.25) is 0 Å². The normalized spacial score (nSPS) is 18.5. The zero-order valence-electron chi connectivity index (χ0n) is 13.3. The van der Waals surface area contributed by atoms with Gasteiger partial charge in [-0.05, 0) is 33.1 Å². The molecule has 0 bridgehead atoms. The maximum Gasteiger partial charge on any atom is 0.133 e. The van der Waals surface area contributed by atoms with E-state index in [9.17, 15) is 0 Å². The SMILES string of the molecule is CCc1cc(N2CCCC2c2cnn(C)c2C)nc(C)n1. The van der Waals surface area contributed by atoms with Crippen LogP contribution in [0.3, 0.4) is 0 Å². The van der Waals surface area contributed by atoms with Crippen molar-refractivity contribution < 1.29 is 0 Å². The van der Waals surface area contributed by atoms with Crippen LogP contribution in [0.5, 0.6) is 0 Å². The Kier molecular flexibility index (Phi) is 3.66. The number of hydrogen-bond acceptors (Lipinski definition) is 4. The molecule has 1 saturated heterocycles. The van der Waals surface area contributed by atoms with Crippen LogP contribution < -0.4 is 4.90 Å². The van der Waals surface area contributed by atoms with E-state index in [1.165, 1.54) is 17.7 Å². The average molecular weight is 285 g/mol. The zero-order valence-corrected chi connectivity index (χ0v) is 13.3. The van der Waals surface area contributed by atoms with E-state index in [2.05, 4.69) is 39.9 Å². The molecule has 1 aliphatic heterocycles. The highest BCUT2D eigenvalue weighted by atomic mass is 15.3. The van der Waals surface area contributed by atoms with Gasteiger partial charge in [-0.1, -0.05) is 6.92 Å². The Bertz CT molecular complexity index is 646. The number of rotatable bonds is 3. The summed E-state index contributed by atoms with van der Waals surface area (Å²) in [6.45, 7) is 7.31. The van der Waals surface area contributed by atoms with Crippen LogP contribution in [0.4, 0.5) is 5.82 Å². The van der Waals surface area contributed by atoms with Gasteiger partial charge in [0, 0.05) is 36.6 Å². The smallest absolute Gasteiger partial charge is 0.133 e. The summed E-state index contributed by atoms with van der Waals surface area (Å²) in [4.78, 5) is 11.6. The molecule has 2 aromatic heterocycles. The van der Waals surface area contributed by atoms with Gasteiger partial charge in [0.1, 0.15) is 11.6 Å². The first-order valence-corrected chi connectivity index (χ1v) is 7.70. The van der Waals surface area contributed by atoms with Crippen molar-refractivity contribution in [3.8, 4) is 0 Å². The molecule has 3 rings (SSSR count). The lowest BCUT2D eigenvalue weighted by Crippen LogP contribution is -2.24. The van der Waals surface area contributed by atoms with E-state index in [0.717, 1.165) is 36.7 Å². The van der Waals surface area contributed by atoms with E-state index in [-0.39, 0.29) is 0 Å². The topological polar surface area (TPSA) is 46.8 Å². The van der Waals surface area contributed by atoms with Gasteiger partial charge in [-0.3, -0.25) is 4.68 Å². The molecule has 1 atom stereocenters. The van der Waals surface area contributed by atoms with Crippen molar-refractivity contribution in [3.05, 3.63) is 35.0 Å². The quantitative estimate of drug-likeness (QED) is 0.870. The van der Waals surface area contributed by atoms with Crippen LogP contribution in [0.1, 0.15) is 48.6 Å². The van der Waals surface area contributed by atoms with Crippen LogP contribution in [-0.4, -0.2) is 26.3 Å². The van der Waals surface area contributed by atoms with Crippen LogP contribution in [0.2, 0.25) is 0 Å². The molecule has 0 spiro atoms. The molecule has 0 amide bonds. The summed E-state index contributed by atoms with van der Waals surface area (Å²) in [5.74, 6) is 1.92. The summed E-state index contributed by atoms with van der Waals surface area (Å²) in [5.41, 5.74) is 3.68. The second-order valence-electron chi connectivity index (χ2n) is 5.78. The van der Waals surface area contributed by atoms with E-state index in [4.69, 9.17) is 0 Å². The molecule has 0 N–H and O–H groups in total. The highest BCUT2D eigenvalue weighted by Gasteiger charge is 2.29. The molecular formula is C16H23N5. The van der Waals surface area contributed by atoms with Crippen molar-refractivity contribution in [1.29, 1.82) is 0 Å². The van der Waals surface area contributed by atoms with E-state index >= 15 is 0 Å². The number of hydrogen-bond donors (Lipinski definition) is 0. The average Bonchev–Trinajstić information content (AvgIpc) is 3.06. The fourth-order valence-corrected chi connectivity index (χ4v) is 3.15. The molecule has 2 aromatic rings. The van der Waals surface area contributed by atoms with Crippen molar-refractivity contribution in [3.63, 3.8) is 0 Å². The third-order valence-corrected chi connectivity index (χ3v) is 4.42. The Morgan fingerprint density at radius 1 is 1.29 bits per heavy atom. The predicted molar refractivity (Wildman–Crippen MR) is 83.4 cm³/mol. The fraction of sp³-hybridized carbons (Fsp3) is 0.562. The molecule has 0 aromatic carbocycles. The van der Waals surface area contributed by atoms with Crippen LogP contribution in [0.15, 0.2) is 12.3 Å². The molecule has 5 nitrogen and oxygen atoms in total. The monoisotopic (exact) mass is 285 g/mol. The lowest BCUT2D eigenvalue weighted by Gasteiger charge is -2.26. The van der Waals surface area contributed by atoms with Crippen LogP contribution in [0.25, 0.3) is 0 Å². The second-order valence-corrected chi connectivity index (χ2v) is 5.78. The first kappa shape index (κ1) is 14.0. The van der Waals surface area contributed by atoms with Crippen LogP contribution >= 0.6 is 0 Å². The largest absolute Gasteiger partial charge is 0.349 e. The number of anilines is 1. The predicted octanol–water partition coefficient (Wildman–Crippen LogP) is 2.73. The van der Waals surface area contributed by atoms with Gasteiger partial charge < -0.3 is 4.90 Å². The summed E-state index contributed by atoms with van der Waals surface area (Å²) >= 11 is 0. The number of aromatic nitrogens is 4. The molecule has 1 fully saturated rings. The number of aryl methyl sites for hydroxylation is 3. The van der Waals surface area contributed by atoms with Gasteiger partial charge in [0.05, 0.1) is 12.2 Å². The van der Waals surface area contributed by atoms with Gasteiger partial charge in [-0.25, -0.2) is 9.97 Å². The third kappa shape index (κ3) is 2.52. The molecule has 1 aliphatic rings. The highest BCUT2D eigenvalue weighted by molar-refractivity contribution is 5.45. The lowest BCUT2D eigenvalue weighted by molar-refractivity contribution is 0.691. The zero-order chi connectivity index (χ0) is 15.0. The van der Waals surface area contributed by atoms with E-state index in [0.29, 0.717) is 6.04 Å². The van der Waals surface area contributed by atoms with E-state index in [1.807, 2.05) is 24.9 Å². The Hall–Kier alpha value is -1.91. The van der Waals surface area contributed by atoms with Crippen molar-refractivity contribution in [2.75, 3.05) is 11.4 Å². The second kappa shape index (κ2) is 5.47. The summed E-state index contributed by atoms with van der Waals surface area (Å²) < 4.78 is 1.95. The van der Waals surface area contributed by atoms with Crippen molar-refractivity contribution in [2.45, 2.75) is 46.1 Å². The Balaban J connectivity index is 1.97. The number of nitrogens with zero attached hydrogens (tertiary/aromatic N) is 5. The Labute approximate surface area is 126 Å².